The van der Waals surface area contributed by atoms with Crippen molar-refractivity contribution in [3.05, 3.63) is 56.8 Å². The fourth-order valence-electron chi connectivity index (χ4n) is 3.12. The highest BCUT2D eigenvalue weighted by molar-refractivity contribution is 7.13. The van der Waals surface area contributed by atoms with Gasteiger partial charge in [-0.1, -0.05) is 13.0 Å². The SMILES string of the molecule is CC[C@H](NC(C)=O)c1[nH]c2c(C(F)(F)F)cccc2c(=O)c1C(=O)Nc1nccs1. The number of carbonyl (C=O) groups is 2. The molecule has 3 rings (SSSR count). The van der Waals surface area contributed by atoms with Crippen LogP contribution in [0.15, 0.2) is 34.6 Å². The molecule has 0 saturated carbocycles. The minimum Gasteiger partial charge on any atom is -0.355 e. The van der Waals surface area contributed by atoms with Crippen LogP contribution in [0.5, 0.6) is 0 Å². The monoisotopic (exact) mass is 438 g/mol. The summed E-state index contributed by atoms with van der Waals surface area (Å²) in [5.41, 5.74) is -2.83. The Labute approximate surface area is 172 Å². The first-order chi connectivity index (χ1) is 14.1. The molecule has 0 aliphatic carbocycles. The molecule has 30 heavy (non-hydrogen) atoms. The number of hydrogen-bond acceptors (Lipinski definition) is 5. The van der Waals surface area contributed by atoms with Gasteiger partial charge in [0.15, 0.2) is 5.13 Å². The van der Waals surface area contributed by atoms with Gasteiger partial charge in [0.1, 0.15) is 5.56 Å². The van der Waals surface area contributed by atoms with E-state index >= 15 is 0 Å². The number of benzene rings is 1. The van der Waals surface area contributed by atoms with Crippen LogP contribution in [0.2, 0.25) is 0 Å². The average molecular weight is 438 g/mol. The number of alkyl halides is 3. The van der Waals surface area contributed by atoms with E-state index in [1.807, 2.05) is 0 Å². The molecule has 1 atom stereocenters. The van der Waals surface area contributed by atoms with Gasteiger partial charge >= 0.3 is 6.18 Å². The van der Waals surface area contributed by atoms with Crippen LogP contribution in [0.25, 0.3) is 10.9 Å². The number of aromatic amines is 1. The van der Waals surface area contributed by atoms with Crippen LogP contribution in [0.1, 0.15) is 47.9 Å². The molecule has 2 amide bonds. The second-order valence-corrected chi connectivity index (χ2v) is 7.32. The largest absolute Gasteiger partial charge is 0.418 e. The van der Waals surface area contributed by atoms with Crippen molar-refractivity contribution in [2.24, 2.45) is 0 Å². The van der Waals surface area contributed by atoms with Crippen LogP contribution in [0.3, 0.4) is 0 Å². The molecule has 3 aromatic rings. The summed E-state index contributed by atoms with van der Waals surface area (Å²) in [7, 11) is 0. The fourth-order valence-corrected chi connectivity index (χ4v) is 3.65. The number of rotatable bonds is 5. The van der Waals surface area contributed by atoms with Gasteiger partial charge in [0, 0.05) is 23.9 Å². The molecule has 0 spiro atoms. The number of nitrogens with one attached hydrogen (secondary N) is 3. The molecule has 7 nitrogen and oxygen atoms in total. The van der Waals surface area contributed by atoms with Crippen LogP contribution in [0, 0.1) is 0 Å². The zero-order valence-corrected chi connectivity index (χ0v) is 16.7. The number of aromatic nitrogens is 2. The molecule has 0 aliphatic heterocycles. The second-order valence-electron chi connectivity index (χ2n) is 6.42. The Morgan fingerprint density at radius 1 is 1.30 bits per heavy atom. The van der Waals surface area contributed by atoms with E-state index in [-0.39, 0.29) is 28.2 Å². The molecular formula is C19H17F3N4O3S. The minimum atomic E-state index is -4.72. The van der Waals surface area contributed by atoms with Gasteiger partial charge in [-0.3, -0.25) is 19.7 Å². The summed E-state index contributed by atoms with van der Waals surface area (Å²) in [4.78, 5) is 44.2. The maximum absolute atomic E-state index is 13.5. The molecule has 2 aromatic heterocycles. The van der Waals surface area contributed by atoms with Crippen LogP contribution >= 0.6 is 11.3 Å². The lowest BCUT2D eigenvalue weighted by molar-refractivity contribution is -0.136. The summed E-state index contributed by atoms with van der Waals surface area (Å²) < 4.78 is 40.5. The molecule has 0 saturated heterocycles. The normalized spacial score (nSPS) is 12.6. The van der Waals surface area contributed by atoms with E-state index < -0.39 is 40.5 Å². The predicted octanol–water partition coefficient (Wildman–Crippen LogP) is 3.84. The van der Waals surface area contributed by atoms with Gasteiger partial charge < -0.3 is 10.3 Å². The Hall–Kier alpha value is -3.21. The number of nitrogens with zero attached hydrogens (tertiary/aromatic N) is 1. The third-order valence-corrected chi connectivity index (χ3v) is 5.07. The van der Waals surface area contributed by atoms with Crippen LogP contribution < -0.4 is 16.1 Å². The molecule has 2 heterocycles. The first-order valence-electron chi connectivity index (χ1n) is 8.87. The van der Waals surface area contributed by atoms with Crippen LogP contribution in [-0.4, -0.2) is 21.8 Å². The van der Waals surface area contributed by atoms with E-state index in [1.165, 1.54) is 19.2 Å². The predicted molar refractivity (Wildman–Crippen MR) is 106 cm³/mol. The van der Waals surface area contributed by atoms with Crippen molar-refractivity contribution in [1.82, 2.24) is 15.3 Å². The first kappa shape index (κ1) is 21.5. The topological polar surface area (TPSA) is 104 Å². The van der Waals surface area contributed by atoms with Crippen LogP contribution in [0.4, 0.5) is 18.3 Å². The molecule has 1 aromatic carbocycles. The highest BCUT2D eigenvalue weighted by Crippen LogP contribution is 2.34. The summed E-state index contributed by atoms with van der Waals surface area (Å²) in [6, 6.07) is 2.29. The van der Waals surface area contributed by atoms with Gasteiger partial charge in [-0.15, -0.1) is 11.3 Å². The average Bonchev–Trinajstić information content (AvgIpc) is 3.17. The summed E-state index contributed by atoms with van der Waals surface area (Å²) in [6.45, 7) is 2.90. The standard InChI is InChI=1S/C19H17F3N4O3S/c1-3-12(24-9(2)27)15-13(17(29)26-18-23-7-8-30-18)16(28)10-5-4-6-11(14(10)25-15)19(20,21)22/h4-8,12H,3H2,1-2H3,(H,24,27)(H,25,28)(H,23,26,29)/t12-/m0/s1. The van der Waals surface area contributed by atoms with E-state index in [2.05, 4.69) is 20.6 Å². The Morgan fingerprint density at radius 3 is 2.60 bits per heavy atom. The minimum absolute atomic E-state index is 0.101. The molecule has 0 radical (unpaired) electrons. The summed E-state index contributed by atoms with van der Waals surface area (Å²) >= 11 is 1.12. The number of pyridine rings is 1. The zero-order chi connectivity index (χ0) is 22.1. The number of amides is 2. The lowest BCUT2D eigenvalue weighted by Gasteiger charge is -2.21. The van der Waals surface area contributed by atoms with Gasteiger partial charge in [0.05, 0.1) is 22.8 Å². The Kier molecular flexibility index (Phi) is 5.92. The van der Waals surface area contributed by atoms with E-state index in [1.54, 1.807) is 12.3 Å². The smallest absolute Gasteiger partial charge is 0.355 e. The number of thiazole rings is 1. The zero-order valence-electron chi connectivity index (χ0n) is 15.9. The van der Waals surface area contributed by atoms with Crippen LogP contribution in [-0.2, 0) is 11.0 Å². The van der Waals surface area contributed by atoms with E-state index in [9.17, 15) is 27.6 Å². The number of para-hydroxylation sites is 1. The van der Waals surface area contributed by atoms with E-state index in [4.69, 9.17) is 0 Å². The van der Waals surface area contributed by atoms with E-state index in [0.29, 0.717) is 0 Å². The molecule has 3 N–H and O–H groups in total. The lowest BCUT2D eigenvalue weighted by atomic mass is 9.99. The number of anilines is 1. The Morgan fingerprint density at radius 2 is 2.03 bits per heavy atom. The molecule has 0 fully saturated rings. The highest BCUT2D eigenvalue weighted by atomic mass is 32.1. The van der Waals surface area contributed by atoms with Gasteiger partial charge in [-0.2, -0.15) is 13.2 Å². The third-order valence-electron chi connectivity index (χ3n) is 4.38. The van der Waals surface area contributed by atoms with Crippen molar-refractivity contribution in [2.75, 3.05) is 5.32 Å². The van der Waals surface area contributed by atoms with Crippen molar-refractivity contribution in [2.45, 2.75) is 32.5 Å². The summed E-state index contributed by atoms with van der Waals surface area (Å²) in [5, 5.41) is 6.60. The maximum atomic E-state index is 13.5. The van der Waals surface area contributed by atoms with Gasteiger partial charge in [0.2, 0.25) is 11.3 Å². The number of carbonyl (C=O) groups excluding carboxylic acids is 2. The van der Waals surface area contributed by atoms with Crippen molar-refractivity contribution in [1.29, 1.82) is 0 Å². The molecule has 158 valence electrons. The Bertz CT molecular complexity index is 1160. The number of halogens is 3. The van der Waals surface area contributed by atoms with Crippen molar-refractivity contribution in [3.63, 3.8) is 0 Å². The second kappa shape index (κ2) is 8.27. The maximum Gasteiger partial charge on any atom is 0.418 e. The van der Waals surface area contributed by atoms with E-state index in [0.717, 1.165) is 23.5 Å². The van der Waals surface area contributed by atoms with Gasteiger partial charge in [-0.05, 0) is 18.6 Å². The van der Waals surface area contributed by atoms with Crippen molar-refractivity contribution < 1.29 is 22.8 Å². The Balaban J connectivity index is 2.30. The highest BCUT2D eigenvalue weighted by Gasteiger charge is 2.35. The number of hydrogen-bond donors (Lipinski definition) is 3. The quantitative estimate of drug-likeness (QED) is 0.563. The third kappa shape index (κ3) is 4.20. The fraction of sp³-hybridized carbons (Fsp3) is 0.263. The summed E-state index contributed by atoms with van der Waals surface area (Å²) in [6.07, 6.45) is -3.04. The number of H-pyrrole nitrogens is 1. The molecular weight excluding hydrogens is 421 g/mol. The molecule has 11 heteroatoms. The summed E-state index contributed by atoms with van der Waals surface area (Å²) in [5.74, 6) is -1.29. The molecule has 0 bridgehead atoms. The van der Waals surface area contributed by atoms with Crippen molar-refractivity contribution in [3.8, 4) is 0 Å². The van der Waals surface area contributed by atoms with Gasteiger partial charge in [0.25, 0.3) is 5.91 Å². The number of fused-ring (bicyclic) bond motifs is 1. The first-order valence-corrected chi connectivity index (χ1v) is 9.75. The molecule has 0 unspecified atom stereocenters. The van der Waals surface area contributed by atoms with Crippen molar-refractivity contribution >= 4 is 39.2 Å². The molecule has 0 aliphatic rings. The lowest BCUT2D eigenvalue weighted by Crippen LogP contribution is -2.33. The van der Waals surface area contributed by atoms with Gasteiger partial charge in [-0.25, -0.2) is 4.98 Å².